The molecule has 5 heteroatoms. The average Bonchev–Trinajstić information content (AvgIpc) is 2.81. The number of likely N-dealkylation sites (tertiary alicyclic amines) is 1. The molecule has 1 aromatic rings. The van der Waals surface area contributed by atoms with Crippen LogP contribution in [0.4, 0.5) is 8.78 Å². The molecule has 2 rings (SSSR count). The van der Waals surface area contributed by atoms with Crippen molar-refractivity contribution in [2.45, 2.75) is 31.3 Å². The van der Waals surface area contributed by atoms with E-state index in [4.69, 9.17) is 5.73 Å². The van der Waals surface area contributed by atoms with E-state index in [2.05, 4.69) is 23.9 Å². The van der Waals surface area contributed by atoms with Crippen LogP contribution in [-0.2, 0) is 0 Å². The van der Waals surface area contributed by atoms with Gasteiger partial charge in [-0.25, -0.2) is 8.78 Å². The van der Waals surface area contributed by atoms with Crippen molar-refractivity contribution < 1.29 is 8.78 Å². The van der Waals surface area contributed by atoms with Gasteiger partial charge in [0.15, 0.2) is 0 Å². The van der Waals surface area contributed by atoms with Gasteiger partial charge in [0.05, 0.1) is 0 Å². The monoisotopic (exact) mass is 297 g/mol. The number of hydrogen-bond acceptors (Lipinski definition) is 3. The highest BCUT2D eigenvalue weighted by Crippen LogP contribution is 2.22. The number of nitrogens with zero attached hydrogens (tertiary/aromatic N) is 2. The summed E-state index contributed by atoms with van der Waals surface area (Å²) in [4.78, 5) is 4.64. The maximum Gasteiger partial charge on any atom is 0.126 e. The Kier molecular flexibility index (Phi) is 5.67. The molecule has 0 spiro atoms. The molecule has 0 saturated carbocycles. The number of nitrogens with two attached hydrogens (primary N) is 1. The Morgan fingerprint density at radius 2 is 1.95 bits per heavy atom. The summed E-state index contributed by atoms with van der Waals surface area (Å²) >= 11 is 0. The van der Waals surface area contributed by atoms with Crippen molar-refractivity contribution in [2.24, 2.45) is 5.73 Å². The van der Waals surface area contributed by atoms with Crippen LogP contribution >= 0.6 is 0 Å². The molecular weight excluding hydrogens is 272 g/mol. The van der Waals surface area contributed by atoms with Crippen molar-refractivity contribution in [1.82, 2.24) is 9.80 Å². The van der Waals surface area contributed by atoms with Gasteiger partial charge in [0.25, 0.3) is 0 Å². The first-order valence-electron chi connectivity index (χ1n) is 7.56. The Morgan fingerprint density at radius 1 is 1.29 bits per heavy atom. The van der Waals surface area contributed by atoms with E-state index in [1.807, 2.05) is 0 Å². The largest absolute Gasteiger partial charge is 0.324 e. The van der Waals surface area contributed by atoms with Gasteiger partial charge >= 0.3 is 0 Å². The van der Waals surface area contributed by atoms with Gasteiger partial charge in [-0.1, -0.05) is 0 Å². The Morgan fingerprint density at radius 3 is 2.57 bits per heavy atom. The Labute approximate surface area is 125 Å². The number of benzene rings is 1. The third-order valence-corrected chi connectivity index (χ3v) is 4.12. The van der Waals surface area contributed by atoms with Gasteiger partial charge in [-0.15, -0.1) is 0 Å². The predicted octanol–water partition coefficient (Wildman–Crippen LogP) is 2.38. The number of rotatable bonds is 6. The zero-order chi connectivity index (χ0) is 15.4. The van der Waals surface area contributed by atoms with Crippen LogP contribution in [0.25, 0.3) is 0 Å². The van der Waals surface area contributed by atoms with Gasteiger partial charge in [0.1, 0.15) is 11.6 Å². The third-order valence-electron chi connectivity index (χ3n) is 4.12. The topological polar surface area (TPSA) is 32.5 Å². The third kappa shape index (κ3) is 4.73. The summed E-state index contributed by atoms with van der Waals surface area (Å²) in [6.07, 6.45) is 3.14. The molecule has 0 aliphatic carbocycles. The molecule has 0 radical (unpaired) electrons. The van der Waals surface area contributed by atoms with E-state index in [0.29, 0.717) is 18.0 Å². The first-order chi connectivity index (χ1) is 9.95. The second-order valence-corrected chi connectivity index (χ2v) is 6.19. The van der Waals surface area contributed by atoms with E-state index in [0.717, 1.165) is 25.7 Å². The Balaban J connectivity index is 1.89. The minimum Gasteiger partial charge on any atom is -0.324 e. The molecule has 118 valence electrons. The van der Waals surface area contributed by atoms with Crippen LogP contribution in [-0.4, -0.2) is 49.6 Å². The van der Waals surface area contributed by atoms with Gasteiger partial charge in [-0.05, 0) is 57.6 Å². The summed E-state index contributed by atoms with van der Waals surface area (Å²) in [6, 6.07) is 3.78. The van der Waals surface area contributed by atoms with Gasteiger partial charge in [0, 0.05) is 31.2 Å². The molecule has 0 amide bonds. The van der Waals surface area contributed by atoms with E-state index < -0.39 is 11.6 Å². The maximum atomic E-state index is 13.2. The lowest BCUT2D eigenvalue weighted by Crippen LogP contribution is -2.38. The maximum absolute atomic E-state index is 13.2. The van der Waals surface area contributed by atoms with Crippen LogP contribution in [0.2, 0.25) is 0 Å². The fourth-order valence-corrected chi connectivity index (χ4v) is 3.08. The summed E-state index contributed by atoms with van der Waals surface area (Å²) in [7, 11) is 4.16. The van der Waals surface area contributed by atoms with Crippen LogP contribution in [0, 0.1) is 11.6 Å². The number of likely N-dealkylation sites (N-methyl/N-ethyl adjacent to an activating group) is 1. The van der Waals surface area contributed by atoms with Crippen LogP contribution in [0.15, 0.2) is 18.2 Å². The van der Waals surface area contributed by atoms with Crippen molar-refractivity contribution >= 4 is 0 Å². The average molecular weight is 297 g/mol. The molecule has 1 aromatic carbocycles. The standard InChI is InChI=1S/C16H25F2N3/c1-20(2)11-15-4-3-6-21(15)7-5-16(19)12-8-13(17)10-14(18)9-12/h8-10,15-16H,3-7,11,19H2,1-2H3. The first-order valence-corrected chi connectivity index (χ1v) is 7.56. The predicted molar refractivity (Wildman–Crippen MR) is 81.1 cm³/mol. The molecule has 1 aliphatic heterocycles. The molecular formula is C16H25F2N3. The smallest absolute Gasteiger partial charge is 0.126 e. The van der Waals surface area contributed by atoms with Crippen LogP contribution in [0.1, 0.15) is 30.9 Å². The molecule has 1 fully saturated rings. The normalized spacial score (nSPS) is 21.1. The van der Waals surface area contributed by atoms with E-state index in [1.165, 1.54) is 25.0 Å². The summed E-state index contributed by atoms with van der Waals surface area (Å²) < 4.78 is 26.4. The number of halogens is 2. The minimum absolute atomic E-state index is 0.323. The van der Waals surface area contributed by atoms with Crippen molar-refractivity contribution in [3.63, 3.8) is 0 Å². The van der Waals surface area contributed by atoms with Gasteiger partial charge in [-0.2, -0.15) is 0 Å². The first kappa shape index (κ1) is 16.3. The highest BCUT2D eigenvalue weighted by Gasteiger charge is 2.25. The fraction of sp³-hybridized carbons (Fsp3) is 0.625. The zero-order valence-corrected chi connectivity index (χ0v) is 12.9. The molecule has 1 saturated heterocycles. The molecule has 2 atom stereocenters. The van der Waals surface area contributed by atoms with Crippen LogP contribution in [0.3, 0.4) is 0 Å². The van der Waals surface area contributed by atoms with Gasteiger partial charge < -0.3 is 10.6 Å². The van der Waals surface area contributed by atoms with E-state index in [9.17, 15) is 8.78 Å². The molecule has 2 unspecified atom stereocenters. The summed E-state index contributed by atoms with van der Waals surface area (Å²) in [6.45, 7) is 3.00. The molecule has 21 heavy (non-hydrogen) atoms. The molecule has 3 nitrogen and oxygen atoms in total. The lowest BCUT2D eigenvalue weighted by Gasteiger charge is -2.28. The van der Waals surface area contributed by atoms with Crippen LogP contribution < -0.4 is 5.73 Å². The number of hydrogen-bond donors (Lipinski definition) is 1. The van der Waals surface area contributed by atoms with Gasteiger partial charge in [-0.3, -0.25) is 4.90 Å². The molecule has 0 bridgehead atoms. The summed E-state index contributed by atoms with van der Waals surface area (Å²) in [5.41, 5.74) is 6.62. The van der Waals surface area contributed by atoms with Crippen molar-refractivity contribution in [3.05, 3.63) is 35.4 Å². The van der Waals surface area contributed by atoms with Crippen molar-refractivity contribution in [2.75, 3.05) is 33.7 Å². The quantitative estimate of drug-likeness (QED) is 0.875. The fourth-order valence-electron chi connectivity index (χ4n) is 3.08. The lowest BCUT2D eigenvalue weighted by molar-refractivity contribution is 0.202. The van der Waals surface area contributed by atoms with E-state index >= 15 is 0 Å². The molecule has 0 aromatic heterocycles. The molecule has 2 N–H and O–H groups in total. The van der Waals surface area contributed by atoms with E-state index in [-0.39, 0.29) is 6.04 Å². The lowest BCUT2D eigenvalue weighted by atomic mass is 10.0. The minimum atomic E-state index is -0.563. The highest BCUT2D eigenvalue weighted by atomic mass is 19.1. The van der Waals surface area contributed by atoms with E-state index in [1.54, 1.807) is 0 Å². The summed E-state index contributed by atoms with van der Waals surface area (Å²) in [5.74, 6) is -1.13. The summed E-state index contributed by atoms with van der Waals surface area (Å²) in [5, 5.41) is 0. The second kappa shape index (κ2) is 7.29. The molecule has 1 aliphatic rings. The SMILES string of the molecule is CN(C)CC1CCCN1CCC(N)c1cc(F)cc(F)c1. The zero-order valence-electron chi connectivity index (χ0n) is 12.9. The highest BCUT2D eigenvalue weighted by molar-refractivity contribution is 5.21. The van der Waals surface area contributed by atoms with Crippen molar-refractivity contribution in [1.29, 1.82) is 0 Å². The molecule has 1 heterocycles. The van der Waals surface area contributed by atoms with Crippen LogP contribution in [0.5, 0.6) is 0 Å². The van der Waals surface area contributed by atoms with Crippen molar-refractivity contribution in [3.8, 4) is 0 Å². The Bertz CT molecular complexity index is 445. The second-order valence-electron chi connectivity index (χ2n) is 6.19. The Hall–Kier alpha value is -1.04. The van der Waals surface area contributed by atoms with Gasteiger partial charge in [0.2, 0.25) is 0 Å².